The molecule has 1 aromatic rings. The predicted octanol–water partition coefficient (Wildman–Crippen LogP) is 1.44. The number of amides is 2. The number of rotatable bonds is 6. The molecule has 0 spiro atoms. The number of benzene rings is 1. The van der Waals surface area contributed by atoms with Crippen molar-refractivity contribution in [2.75, 3.05) is 45.8 Å². The molecule has 9 heteroatoms. The molecule has 2 heterocycles. The predicted molar refractivity (Wildman–Crippen MR) is 124 cm³/mol. The van der Waals surface area contributed by atoms with Gasteiger partial charge in [0.15, 0.2) is 0 Å². The van der Waals surface area contributed by atoms with E-state index in [2.05, 4.69) is 10.2 Å². The van der Waals surface area contributed by atoms with E-state index in [1.165, 1.54) is 4.31 Å². The Balaban J connectivity index is 1.74. The van der Waals surface area contributed by atoms with Crippen LogP contribution >= 0.6 is 0 Å². The molecule has 1 unspecified atom stereocenters. The molecule has 178 valence electrons. The molecule has 0 aromatic heterocycles. The van der Waals surface area contributed by atoms with E-state index < -0.39 is 16.1 Å². The lowest BCUT2D eigenvalue weighted by Gasteiger charge is -2.30. The number of carbonyl (C=O) groups excluding carboxylic acids is 2. The van der Waals surface area contributed by atoms with E-state index >= 15 is 0 Å². The van der Waals surface area contributed by atoms with E-state index in [9.17, 15) is 18.0 Å². The highest BCUT2D eigenvalue weighted by molar-refractivity contribution is 7.89. The SMILES string of the molecule is CCNC(=O)CN1CCCN(C(=O)C2CCCN2S(=O)(=O)c2c(C)cc(C)cc2C)CC1. The van der Waals surface area contributed by atoms with E-state index in [1.807, 2.05) is 39.8 Å². The van der Waals surface area contributed by atoms with Gasteiger partial charge < -0.3 is 10.2 Å². The third kappa shape index (κ3) is 5.32. The normalized spacial score (nSPS) is 20.9. The summed E-state index contributed by atoms with van der Waals surface area (Å²) in [7, 11) is -3.77. The van der Waals surface area contributed by atoms with Crippen LogP contribution in [0.1, 0.15) is 42.9 Å². The molecular formula is C23H36N4O4S. The number of likely N-dealkylation sites (N-methyl/N-ethyl adjacent to an activating group) is 1. The quantitative estimate of drug-likeness (QED) is 0.688. The second kappa shape index (κ2) is 10.3. The molecule has 1 N–H and O–H groups in total. The fourth-order valence-electron chi connectivity index (χ4n) is 4.98. The van der Waals surface area contributed by atoms with Crippen LogP contribution < -0.4 is 5.32 Å². The second-order valence-electron chi connectivity index (χ2n) is 8.91. The van der Waals surface area contributed by atoms with Gasteiger partial charge in [0.25, 0.3) is 0 Å². The summed E-state index contributed by atoms with van der Waals surface area (Å²) in [5, 5.41) is 2.81. The van der Waals surface area contributed by atoms with Crippen LogP contribution in [0.5, 0.6) is 0 Å². The lowest BCUT2D eigenvalue weighted by molar-refractivity contribution is -0.134. The molecule has 0 radical (unpaired) electrons. The van der Waals surface area contributed by atoms with Gasteiger partial charge in [-0.3, -0.25) is 14.5 Å². The molecule has 1 atom stereocenters. The molecule has 3 rings (SSSR count). The van der Waals surface area contributed by atoms with Crippen LogP contribution in [0.15, 0.2) is 17.0 Å². The molecule has 2 amide bonds. The summed E-state index contributed by atoms with van der Waals surface area (Å²) < 4.78 is 28.6. The molecule has 1 aromatic carbocycles. The maximum absolute atomic E-state index is 13.6. The van der Waals surface area contributed by atoms with Gasteiger partial charge in [-0.2, -0.15) is 4.31 Å². The summed E-state index contributed by atoms with van der Waals surface area (Å²) in [5.74, 6) is -0.127. The highest BCUT2D eigenvalue weighted by Crippen LogP contribution is 2.31. The van der Waals surface area contributed by atoms with Crippen LogP contribution in [0.4, 0.5) is 0 Å². The lowest BCUT2D eigenvalue weighted by Crippen LogP contribution is -2.49. The highest BCUT2D eigenvalue weighted by Gasteiger charge is 2.42. The van der Waals surface area contributed by atoms with Crippen LogP contribution in [-0.4, -0.2) is 86.2 Å². The Hall–Kier alpha value is -1.97. The zero-order valence-corrected chi connectivity index (χ0v) is 20.5. The van der Waals surface area contributed by atoms with E-state index in [0.29, 0.717) is 57.0 Å². The van der Waals surface area contributed by atoms with E-state index in [0.717, 1.165) is 29.7 Å². The zero-order chi connectivity index (χ0) is 23.5. The topological polar surface area (TPSA) is 90.0 Å². The molecule has 0 aliphatic carbocycles. The maximum atomic E-state index is 13.6. The minimum absolute atomic E-state index is 0.0100. The number of sulfonamides is 1. The van der Waals surface area contributed by atoms with Crippen molar-refractivity contribution in [3.05, 3.63) is 28.8 Å². The van der Waals surface area contributed by atoms with Gasteiger partial charge in [0.05, 0.1) is 11.4 Å². The largest absolute Gasteiger partial charge is 0.355 e. The first-order valence-electron chi connectivity index (χ1n) is 11.5. The Labute approximate surface area is 192 Å². The Morgan fingerprint density at radius 2 is 1.69 bits per heavy atom. The van der Waals surface area contributed by atoms with E-state index in [-0.39, 0.29) is 11.8 Å². The van der Waals surface area contributed by atoms with Gasteiger partial charge in [-0.25, -0.2) is 8.42 Å². The Morgan fingerprint density at radius 3 is 2.34 bits per heavy atom. The zero-order valence-electron chi connectivity index (χ0n) is 19.7. The minimum atomic E-state index is -3.77. The van der Waals surface area contributed by atoms with Gasteiger partial charge in [-0.15, -0.1) is 0 Å². The second-order valence-corrected chi connectivity index (χ2v) is 10.7. The maximum Gasteiger partial charge on any atom is 0.244 e. The van der Waals surface area contributed by atoms with Crippen LogP contribution in [0, 0.1) is 20.8 Å². The molecular weight excluding hydrogens is 428 g/mol. The Kier molecular flexibility index (Phi) is 7.95. The van der Waals surface area contributed by atoms with Gasteiger partial charge in [-0.05, 0) is 58.1 Å². The molecule has 32 heavy (non-hydrogen) atoms. The Morgan fingerprint density at radius 1 is 1.00 bits per heavy atom. The fraction of sp³-hybridized carbons (Fsp3) is 0.652. The molecule has 2 aliphatic heterocycles. The van der Waals surface area contributed by atoms with Crippen LogP contribution in [0.2, 0.25) is 0 Å². The van der Waals surface area contributed by atoms with Gasteiger partial charge in [-0.1, -0.05) is 17.7 Å². The summed E-state index contributed by atoms with van der Waals surface area (Å²) in [6.45, 7) is 11.2. The standard InChI is InChI=1S/C23H36N4O4S/c1-5-24-21(28)16-25-9-7-10-26(13-12-25)23(29)20-8-6-11-27(20)32(30,31)22-18(3)14-17(2)15-19(22)4/h14-15,20H,5-13,16H2,1-4H3,(H,24,28). The first-order chi connectivity index (χ1) is 15.1. The van der Waals surface area contributed by atoms with Gasteiger partial charge >= 0.3 is 0 Å². The number of nitrogens with one attached hydrogen (secondary N) is 1. The summed E-state index contributed by atoms with van der Waals surface area (Å²) in [4.78, 5) is 29.5. The molecule has 2 saturated heterocycles. The van der Waals surface area contributed by atoms with Crippen LogP contribution in [0.3, 0.4) is 0 Å². The third-order valence-corrected chi connectivity index (χ3v) is 8.52. The van der Waals surface area contributed by atoms with Crippen molar-refractivity contribution in [3.63, 3.8) is 0 Å². The fourth-order valence-corrected chi connectivity index (χ4v) is 7.05. The lowest BCUT2D eigenvalue weighted by atomic mass is 10.1. The van der Waals surface area contributed by atoms with Crippen molar-refractivity contribution in [3.8, 4) is 0 Å². The highest BCUT2D eigenvalue weighted by atomic mass is 32.2. The van der Waals surface area contributed by atoms with Crippen LogP contribution in [0.25, 0.3) is 0 Å². The summed E-state index contributed by atoms with van der Waals surface area (Å²) in [5.41, 5.74) is 2.46. The smallest absolute Gasteiger partial charge is 0.244 e. The number of carbonyl (C=O) groups is 2. The van der Waals surface area contributed by atoms with Crippen molar-refractivity contribution in [1.29, 1.82) is 0 Å². The summed E-state index contributed by atoms with van der Waals surface area (Å²) in [6, 6.07) is 3.10. The first-order valence-corrected chi connectivity index (χ1v) is 13.0. The molecule has 8 nitrogen and oxygen atoms in total. The first kappa shape index (κ1) is 24.7. The van der Waals surface area contributed by atoms with Crippen molar-refractivity contribution in [1.82, 2.24) is 19.4 Å². The van der Waals surface area contributed by atoms with Gasteiger partial charge in [0.2, 0.25) is 21.8 Å². The molecule has 0 saturated carbocycles. The summed E-state index contributed by atoms with van der Waals surface area (Å²) >= 11 is 0. The van der Waals surface area contributed by atoms with Gasteiger partial charge in [0.1, 0.15) is 6.04 Å². The number of hydrogen-bond donors (Lipinski definition) is 1. The monoisotopic (exact) mass is 464 g/mol. The number of nitrogens with zero attached hydrogens (tertiary/aromatic N) is 3. The van der Waals surface area contributed by atoms with Gasteiger partial charge in [0, 0.05) is 39.3 Å². The number of hydrogen-bond acceptors (Lipinski definition) is 5. The third-order valence-electron chi connectivity index (χ3n) is 6.30. The average molecular weight is 465 g/mol. The van der Waals surface area contributed by atoms with Crippen molar-refractivity contribution >= 4 is 21.8 Å². The van der Waals surface area contributed by atoms with Crippen molar-refractivity contribution in [2.45, 2.75) is 57.9 Å². The summed E-state index contributed by atoms with van der Waals surface area (Å²) in [6.07, 6.45) is 1.98. The number of aryl methyl sites for hydroxylation is 3. The average Bonchev–Trinajstić information content (AvgIpc) is 3.09. The molecule has 2 aliphatic rings. The molecule has 2 fully saturated rings. The minimum Gasteiger partial charge on any atom is -0.355 e. The molecule has 0 bridgehead atoms. The van der Waals surface area contributed by atoms with Crippen molar-refractivity contribution in [2.24, 2.45) is 0 Å². The van der Waals surface area contributed by atoms with E-state index in [4.69, 9.17) is 0 Å². The Bertz CT molecular complexity index is 940. The van der Waals surface area contributed by atoms with Crippen LogP contribution in [-0.2, 0) is 19.6 Å². The van der Waals surface area contributed by atoms with Crippen molar-refractivity contribution < 1.29 is 18.0 Å². The van der Waals surface area contributed by atoms with E-state index in [1.54, 1.807) is 4.90 Å².